The molecule has 0 spiro atoms. The van der Waals surface area contributed by atoms with Crippen LogP contribution in [0.15, 0.2) is 42.5 Å². The quantitative estimate of drug-likeness (QED) is 0.317. The highest BCUT2D eigenvalue weighted by atomic mass is 19.4. The number of anilines is 2. The number of halogens is 7. The highest BCUT2D eigenvalue weighted by Crippen LogP contribution is 2.26. The van der Waals surface area contributed by atoms with Gasteiger partial charge in [0, 0.05) is 44.1 Å². The van der Waals surface area contributed by atoms with Crippen LogP contribution in [0.4, 0.5) is 42.1 Å². The van der Waals surface area contributed by atoms with Crippen LogP contribution in [-0.2, 0) is 9.59 Å². The summed E-state index contributed by atoms with van der Waals surface area (Å²) in [6.07, 6.45) is -7.23. The lowest BCUT2D eigenvalue weighted by atomic mass is 9.98. The molecule has 1 amide bonds. The molecule has 236 valence electrons. The lowest BCUT2D eigenvalue weighted by Gasteiger charge is -2.30. The molecule has 0 aliphatic carbocycles. The molecular weight excluding hydrogens is 593 g/mol. The number of carbonyl (C=O) groups excluding carboxylic acids is 1. The fourth-order valence-electron chi connectivity index (χ4n) is 3.98. The van der Waals surface area contributed by atoms with Crippen molar-refractivity contribution >= 4 is 34.8 Å². The van der Waals surface area contributed by atoms with E-state index >= 15 is 0 Å². The third-order valence-electron chi connectivity index (χ3n) is 6.05. The number of amides is 1. The van der Waals surface area contributed by atoms with Gasteiger partial charge >= 0.3 is 24.3 Å². The molecule has 43 heavy (non-hydrogen) atoms. The second-order valence-corrected chi connectivity index (χ2v) is 9.18. The fourth-order valence-corrected chi connectivity index (χ4v) is 3.98. The molecule has 2 aromatic carbocycles. The third-order valence-corrected chi connectivity index (χ3v) is 6.05. The maximum atomic E-state index is 14.6. The average molecular weight is 623 g/mol. The number of carboxylic acids is 2. The van der Waals surface area contributed by atoms with Crippen molar-refractivity contribution in [3.05, 3.63) is 65.0 Å². The highest BCUT2D eigenvalue weighted by Gasteiger charge is 2.38. The maximum Gasteiger partial charge on any atom is 0.490 e. The molecule has 0 atom stereocenters. The number of nitrogens with zero attached hydrogens (tertiary/aromatic N) is 1. The molecule has 2 aliphatic heterocycles. The van der Waals surface area contributed by atoms with Gasteiger partial charge in [-0.1, -0.05) is 12.1 Å². The summed E-state index contributed by atoms with van der Waals surface area (Å²) in [5.74, 6) is -6.43. The lowest BCUT2D eigenvalue weighted by Crippen LogP contribution is -2.43. The fraction of sp³-hybridized carbons (Fsp3) is 0.370. The van der Waals surface area contributed by atoms with E-state index in [9.17, 15) is 35.5 Å². The number of carbonyl (C=O) groups is 3. The van der Waals surface area contributed by atoms with E-state index in [-0.39, 0.29) is 5.56 Å². The first-order valence-corrected chi connectivity index (χ1v) is 12.7. The Balaban J connectivity index is 0.000000384. The summed E-state index contributed by atoms with van der Waals surface area (Å²) in [5.41, 5.74) is 4.97. The molecular formula is C27H29F7N4O5. The van der Waals surface area contributed by atoms with Crippen molar-refractivity contribution < 1.29 is 55.3 Å². The molecule has 5 N–H and O–H groups in total. The Hall–Kier alpha value is -4.18. The Morgan fingerprint density at radius 3 is 1.91 bits per heavy atom. The minimum Gasteiger partial charge on any atom is -0.475 e. The smallest absolute Gasteiger partial charge is 0.475 e. The van der Waals surface area contributed by atoms with Crippen molar-refractivity contribution in [2.24, 2.45) is 0 Å². The molecule has 0 saturated carbocycles. The molecule has 0 aromatic heterocycles. The predicted molar refractivity (Wildman–Crippen MR) is 143 cm³/mol. The molecule has 9 nitrogen and oxygen atoms in total. The Morgan fingerprint density at radius 1 is 0.860 bits per heavy atom. The van der Waals surface area contributed by atoms with Gasteiger partial charge in [0.25, 0.3) is 5.91 Å². The maximum absolute atomic E-state index is 14.6. The van der Waals surface area contributed by atoms with Gasteiger partial charge in [-0.25, -0.2) is 14.0 Å². The molecule has 4 rings (SSSR count). The standard InChI is InChI=1S/C23H27FN4O.2C2HF3O2/c1-16-14-19(3-5-22(16)28-12-10-26-11-13-28)27-23(29)20-4-2-18(15-21(20)24)17-6-8-25-9-7-17;2*3-2(4,5)1(6)7/h2-6,14-15,25-26H,7-13H2,1H3,(H,27,29);2*(H,6,7). The largest absolute Gasteiger partial charge is 0.490 e. The van der Waals surface area contributed by atoms with Gasteiger partial charge in [0.1, 0.15) is 5.82 Å². The predicted octanol–water partition coefficient (Wildman–Crippen LogP) is 4.44. The number of rotatable bonds is 4. The number of hydrogen-bond donors (Lipinski definition) is 5. The summed E-state index contributed by atoms with van der Waals surface area (Å²) in [6.45, 7) is 7.60. The molecule has 2 aromatic rings. The average Bonchev–Trinajstić information content (AvgIpc) is 2.93. The first-order chi connectivity index (χ1) is 20.0. The summed E-state index contributed by atoms with van der Waals surface area (Å²) < 4.78 is 78.1. The molecule has 1 saturated heterocycles. The molecule has 0 bridgehead atoms. The second-order valence-electron chi connectivity index (χ2n) is 9.18. The number of hydrogen-bond acceptors (Lipinski definition) is 6. The molecule has 1 fully saturated rings. The SMILES string of the molecule is Cc1cc(NC(=O)c2ccc(C3=CCNCC3)cc2F)ccc1N1CCNCC1.O=C(O)C(F)(F)F.O=C(O)C(F)(F)F. The highest BCUT2D eigenvalue weighted by molar-refractivity contribution is 6.04. The Morgan fingerprint density at radius 2 is 1.44 bits per heavy atom. The number of aliphatic carboxylic acids is 2. The van der Waals surface area contributed by atoms with Gasteiger partial charge in [0.05, 0.1) is 5.56 Å². The van der Waals surface area contributed by atoms with E-state index in [0.29, 0.717) is 5.69 Å². The molecule has 2 heterocycles. The van der Waals surface area contributed by atoms with Gasteiger partial charge in [0.15, 0.2) is 0 Å². The molecule has 16 heteroatoms. The van der Waals surface area contributed by atoms with Crippen LogP contribution in [0.2, 0.25) is 0 Å². The van der Waals surface area contributed by atoms with Crippen molar-refractivity contribution in [1.29, 1.82) is 0 Å². The Bertz CT molecular complexity index is 1300. The number of nitrogens with one attached hydrogen (secondary N) is 3. The van der Waals surface area contributed by atoms with Gasteiger partial charge in [-0.05, 0) is 66.9 Å². The van der Waals surface area contributed by atoms with Crippen LogP contribution in [0, 0.1) is 12.7 Å². The molecule has 0 unspecified atom stereocenters. The van der Waals surface area contributed by atoms with Crippen LogP contribution in [0.25, 0.3) is 5.57 Å². The van der Waals surface area contributed by atoms with Crippen molar-refractivity contribution in [3.8, 4) is 0 Å². The van der Waals surface area contributed by atoms with Crippen LogP contribution in [0.5, 0.6) is 0 Å². The molecule has 2 aliphatic rings. The van der Waals surface area contributed by atoms with E-state index in [1.807, 2.05) is 31.2 Å². The van der Waals surface area contributed by atoms with Gasteiger partial charge in [-0.3, -0.25) is 4.79 Å². The summed E-state index contributed by atoms with van der Waals surface area (Å²) in [5, 5.41) is 23.7. The van der Waals surface area contributed by atoms with Crippen LogP contribution < -0.4 is 20.9 Å². The number of alkyl halides is 6. The number of aryl methyl sites for hydroxylation is 1. The van der Waals surface area contributed by atoms with Gasteiger partial charge in [-0.15, -0.1) is 0 Å². The summed E-state index contributed by atoms with van der Waals surface area (Å²) in [4.78, 5) is 32.8. The van der Waals surface area contributed by atoms with Gasteiger partial charge < -0.3 is 31.1 Å². The second kappa shape index (κ2) is 15.3. The van der Waals surface area contributed by atoms with Crippen molar-refractivity contribution in [3.63, 3.8) is 0 Å². The zero-order valence-electron chi connectivity index (χ0n) is 22.7. The zero-order chi connectivity index (χ0) is 32.4. The lowest BCUT2D eigenvalue weighted by molar-refractivity contribution is -0.193. The summed E-state index contributed by atoms with van der Waals surface area (Å²) >= 11 is 0. The summed E-state index contributed by atoms with van der Waals surface area (Å²) in [7, 11) is 0. The third kappa shape index (κ3) is 11.2. The first-order valence-electron chi connectivity index (χ1n) is 12.7. The summed E-state index contributed by atoms with van der Waals surface area (Å²) in [6, 6.07) is 10.7. The monoisotopic (exact) mass is 622 g/mol. The van der Waals surface area contributed by atoms with E-state index < -0.39 is 36.0 Å². The Kier molecular flexibility index (Phi) is 12.5. The molecule has 0 radical (unpaired) electrons. The van der Waals surface area contributed by atoms with Crippen molar-refractivity contribution in [2.75, 3.05) is 49.5 Å². The van der Waals surface area contributed by atoms with E-state index in [2.05, 4.69) is 26.9 Å². The minimum atomic E-state index is -5.08. The first kappa shape index (κ1) is 35.0. The van der Waals surface area contributed by atoms with Crippen molar-refractivity contribution in [2.45, 2.75) is 25.7 Å². The van der Waals surface area contributed by atoms with Gasteiger partial charge in [-0.2, -0.15) is 26.3 Å². The van der Waals surface area contributed by atoms with Crippen LogP contribution >= 0.6 is 0 Å². The van der Waals surface area contributed by atoms with E-state index in [1.165, 1.54) is 11.8 Å². The van der Waals surface area contributed by atoms with E-state index in [4.69, 9.17) is 19.8 Å². The van der Waals surface area contributed by atoms with Crippen molar-refractivity contribution in [1.82, 2.24) is 10.6 Å². The topological polar surface area (TPSA) is 131 Å². The normalized spacial score (nSPS) is 15.2. The number of carboxylic acid groups (broad SMARTS) is 2. The zero-order valence-corrected chi connectivity index (χ0v) is 22.7. The van der Waals surface area contributed by atoms with Crippen LogP contribution in [0.3, 0.4) is 0 Å². The van der Waals surface area contributed by atoms with Gasteiger partial charge in [0.2, 0.25) is 0 Å². The number of piperazine rings is 1. The van der Waals surface area contributed by atoms with Crippen LogP contribution in [-0.4, -0.2) is 79.7 Å². The van der Waals surface area contributed by atoms with E-state index in [1.54, 1.807) is 6.07 Å². The Labute approximate surface area is 241 Å². The minimum absolute atomic E-state index is 0.0621. The van der Waals surface area contributed by atoms with Crippen LogP contribution in [0.1, 0.15) is 27.9 Å². The van der Waals surface area contributed by atoms with E-state index in [0.717, 1.165) is 62.4 Å². The number of benzene rings is 2.